The monoisotopic (exact) mass is 283 g/mol. The number of rotatable bonds is 3. The van der Waals surface area contributed by atoms with Gasteiger partial charge < -0.3 is 10.5 Å². The highest BCUT2D eigenvalue weighted by atomic mass is 32.1. The fourth-order valence-electron chi connectivity index (χ4n) is 2.19. The minimum atomic E-state index is 0.335. The molecule has 3 rings (SSSR count). The Balaban J connectivity index is 2.29. The molecule has 3 aromatic rings. The largest absolute Gasteiger partial charge is 0.497 e. The minimum Gasteiger partial charge on any atom is -0.497 e. The summed E-state index contributed by atoms with van der Waals surface area (Å²) in [6, 6.07) is 13.5. The third kappa shape index (κ3) is 2.02. The van der Waals surface area contributed by atoms with Gasteiger partial charge in [0, 0.05) is 17.0 Å². The van der Waals surface area contributed by atoms with Crippen molar-refractivity contribution in [2.24, 2.45) is 5.73 Å². The van der Waals surface area contributed by atoms with E-state index in [1.54, 1.807) is 7.11 Å². The quantitative estimate of drug-likeness (QED) is 0.751. The summed E-state index contributed by atoms with van der Waals surface area (Å²) < 4.78 is 7.10. The van der Waals surface area contributed by atoms with Gasteiger partial charge in [0.1, 0.15) is 10.7 Å². The van der Waals surface area contributed by atoms with Crippen molar-refractivity contribution < 1.29 is 4.74 Å². The van der Waals surface area contributed by atoms with E-state index in [0.717, 1.165) is 27.9 Å². The van der Waals surface area contributed by atoms with E-state index in [0.29, 0.717) is 4.99 Å². The molecule has 0 bridgehead atoms. The molecule has 5 heteroatoms. The summed E-state index contributed by atoms with van der Waals surface area (Å²) in [6.45, 7) is 0. The topological polar surface area (TPSA) is 53.1 Å². The van der Waals surface area contributed by atoms with Crippen LogP contribution in [0.2, 0.25) is 0 Å². The molecule has 0 unspecified atom stereocenters. The third-order valence-corrected chi connectivity index (χ3v) is 3.40. The Morgan fingerprint density at radius 2 is 2.05 bits per heavy atom. The Morgan fingerprint density at radius 1 is 1.25 bits per heavy atom. The van der Waals surface area contributed by atoms with Gasteiger partial charge in [-0.15, -0.1) is 0 Å². The summed E-state index contributed by atoms with van der Waals surface area (Å²) in [5, 5.41) is 5.49. The average Bonchev–Trinajstić information content (AvgIpc) is 2.90. The molecule has 2 N–H and O–H groups in total. The lowest BCUT2D eigenvalue weighted by Crippen LogP contribution is -2.14. The number of aromatic nitrogens is 2. The number of hydrogen-bond acceptors (Lipinski definition) is 3. The van der Waals surface area contributed by atoms with Crippen molar-refractivity contribution >= 4 is 28.1 Å². The summed E-state index contributed by atoms with van der Waals surface area (Å²) in [6.07, 6.45) is 1.82. The van der Waals surface area contributed by atoms with Crippen LogP contribution in [0.5, 0.6) is 5.75 Å². The molecule has 0 saturated heterocycles. The van der Waals surface area contributed by atoms with E-state index in [9.17, 15) is 0 Å². The molecule has 0 fully saturated rings. The van der Waals surface area contributed by atoms with E-state index in [1.165, 1.54) is 0 Å². The number of hydrogen-bond donors (Lipinski definition) is 1. The van der Waals surface area contributed by atoms with Crippen LogP contribution in [0.3, 0.4) is 0 Å². The van der Waals surface area contributed by atoms with Gasteiger partial charge in [-0.3, -0.25) is 0 Å². The first kappa shape index (κ1) is 12.6. The zero-order valence-corrected chi connectivity index (χ0v) is 11.7. The number of para-hydroxylation sites is 1. The van der Waals surface area contributed by atoms with E-state index in [2.05, 4.69) is 5.10 Å². The molecule has 20 heavy (non-hydrogen) atoms. The van der Waals surface area contributed by atoms with E-state index in [-0.39, 0.29) is 0 Å². The second kappa shape index (κ2) is 4.94. The summed E-state index contributed by atoms with van der Waals surface area (Å²) in [5.41, 5.74) is 8.39. The van der Waals surface area contributed by atoms with Crippen molar-refractivity contribution in [2.75, 3.05) is 7.11 Å². The van der Waals surface area contributed by atoms with Crippen LogP contribution in [0.15, 0.2) is 48.7 Å². The van der Waals surface area contributed by atoms with Crippen LogP contribution in [-0.4, -0.2) is 21.9 Å². The number of nitrogens with zero attached hydrogens (tertiary/aromatic N) is 2. The van der Waals surface area contributed by atoms with E-state index in [1.807, 2.05) is 53.3 Å². The predicted octanol–water partition coefficient (Wildman–Crippen LogP) is 2.67. The number of methoxy groups -OCH3 is 1. The van der Waals surface area contributed by atoms with Crippen LogP contribution in [0, 0.1) is 0 Å². The lowest BCUT2D eigenvalue weighted by atomic mass is 10.1. The highest BCUT2D eigenvalue weighted by Gasteiger charge is 2.12. The van der Waals surface area contributed by atoms with Gasteiger partial charge in [0.2, 0.25) is 0 Å². The zero-order valence-electron chi connectivity index (χ0n) is 10.9. The van der Waals surface area contributed by atoms with Crippen molar-refractivity contribution in [1.29, 1.82) is 0 Å². The van der Waals surface area contributed by atoms with Gasteiger partial charge in [-0.1, -0.05) is 30.4 Å². The smallest absolute Gasteiger partial charge is 0.121 e. The van der Waals surface area contributed by atoms with Crippen LogP contribution in [0.1, 0.15) is 5.56 Å². The highest BCUT2D eigenvalue weighted by molar-refractivity contribution is 7.80. The first-order valence-electron chi connectivity index (χ1n) is 6.11. The number of nitrogens with two attached hydrogens (primary N) is 1. The lowest BCUT2D eigenvalue weighted by Gasteiger charge is -2.11. The van der Waals surface area contributed by atoms with Gasteiger partial charge in [-0.2, -0.15) is 5.10 Å². The minimum absolute atomic E-state index is 0.335. The summed E-state index contributed by atoms with van der Waals surface area (Å²) in [4.78, 5) is 0.335. The molecule has 0 atom stereocenters. The summed E-state index contributed by atoms with van der Waals surface area (Å²) in [5.74, 6) is 0.736. The van der Waals surface area contributed by atoms with Gasteiger partial charge in [-0.05, 0) is 18.2 Å². The van der Waals surface area contributed by atoms with Gasteiger partial charge in [-0.25, -0.2) is 4.68 Å². The summed E-state index contributed by atoms with van der Waals surface area (Å²) in [7, 11) is 1.63. The molecular weight excluding hydrogens is 270 g/mol. The Labute approximate surface area is 121 Å². The van der Waals surface area contributed by atoms with Crippen molar-refractivity contribution in [2.45, 2.75) is 0 Å². The van der Waals surface area contributed by atoms with Gasteiger partial charge in [0.05, 0.1) is 24.5 Å². The van der Waals surface area contributed by atoms with E-state index >= 15 is 0 Å². The first-order valence-corrected chi connectivity index (χ1v) is 6.52. The molecule has 4 nitrogen and oxygen atoms in total. The molecule has 1 heterocycles. The molecule has 0 saturated carbocycles. The fourth-order valence-corrected chi connectivity index (χ4v) is 2.36. The molecule has 0 amide bonds. The second-order valence-corrected chi connectivity index (χ2v) is 4.80. The zero-order chi connectivity index (χ0) is 14.1. The van der Waals surface area contributed by atoms with Crippen LogP contribution in [-0.2, 0) is 0 Å². The Kier molecular flexibility index (Phi) is 3.12. The van der Waals surface area contributed by atoms with Crippen molar-refractivity contribution in [3.05, 3.63) is 54.2 Å². The molecule has 2 aromatic carbocycles. The lowest BCUT2D eigenvalue weighted by molar-refractivity contribution is 0.414. The number of benzene rings is 2. The SMILES string of the molecule is COc1ccc(C(N)=S)c(-n2ncc3ccccc32)c1. The molecule has 0 spiro atoms. The maximum atomic E-state index is 5.81. The van der Waals surface area contributed by atoms with Gasteiger partial charge in [0.15, 0.2) is 0 Å². The number of ether oxygens (including phenoxy) is 1. The van der Waals surface area contributed by atoms with Gasteiger partial charge in [0.25, 0.3) is 0 Å². The standard InChI is InChI=1S/C15H13N3OS/c1-19-11-6-7-12(15(16)20)14(8-11)18-13-5-3-2-4-10(13)9-17-18/h2-9H,1H3,(H2,16,20). The van der Waals surface area contributed by atoms with Crippen molar-refractivity contribution in [1.82, 2.24) is 9.78 Å². The molecule has 0 radical (unpaired) electrons. The molecule has 100 valence electrons. The fraction of sp³-hybridized carbons (Fsp3) is 0.0667. The molecule has 0 aliphatic carbocycles. The molecular formula is C15H13N3OS. The van der Waals surface area contributed by atoms with Crippen LogP contribution < -0.4 is 10.5 Å². The van der Waals surface area contributed by atoms with Crippen molar-refractivity contribution in [3.63, 3.8) is 0 Å². The van der Waals surface area contributed by atoms with E-state index in [4.69, 9.17) is 22.7 Å². The number of fused-ring (bicyclic) bond motifs is 1. The first-order chi connectivity index (χ1) is 9.70. The summed E-state index contributed by atoms with van der Waals surface area (Å²) >= 11 is 5.12. The predicted molar refractivity (Wildman–Crippen MR) is 83.5 cm³/mol. The van der Waals surface area contributed by atoms with Crippen LogP contribution in [0.4, 0.5) is 0 Å². The van der Waals surface area contributed by atoms with Gasteiger partial charge >= 0.3 is 0 Å². The normalized spacial score (nSPS) is 10.7. The third-order valence-electron chi connectivity index (χ3n) is 3.18. The molecule has 0 aliphatic rings. The van der Waals surface area contributed by atoms with Crippen molar-refractivity contribution in [3.8, 4) is 11.4 Å². The Bertz CT molecular complexity index is 795. The van der Waals surface area contributed by atoms with Crippen LogP contribution in [0.25, 0.3) is 16.6 Å². The number of thiocarbonyl (C=S) groups is 1. The maximum Gasteiger partial charge on any atom is 0.121 e. The van der Waals surface area contributed by atoms with Crippen LogP contribution >= 0.6 is 12.2 Å². The molecule has 1 aromatic heterocycles. The Hall–Kier alpha value is -2.40. The van der Waals surface area contributed by atoms with E-state index < -0.39 is 0 Å². The maximum absolute atomic E-state index is 5.81. The average molecular weight is 283 g/mol. The molecule has 0 aliphatic heterocycles. The second-order valence-electron chi connectivity index (χ2n) is 4.36. The Morgan fingerprint density at radius 3 is 2.80 bits per heavy atom. The highest BCUT2D eigenvalue weighted by Crippen LogP contribution is 2.24.